The Labute approximate surface area is 121 Å². The van der Waals surface area contributed by atoms with Gasteiger partial charge in [0.2, 0.25) is 0 Å². The maximum Gasteiger partial charge on any atom is 0.417 e. The fraction of sp³-hybridized carbons (Fsp3) is 0.875. The van der Waals surface area contributed by atoms with Crippen molar-refractivity contribution in [1.82, 2.24) is 0 Å². The van der Waals surface area contributed by atoms with Crippen LogP contribution < -0.4 is 0 Å². The zero-order valence-electron chi connectivity index (χ0n) is 12.3. The standard InChI is InChI=1S/C16H26O4/c17-15(19-11-13-7-3-1-4-8-13)16(18)20-12-14-9-5-2-6-10-14/h13-14H,1-12H2. The summed E-state index contributed by atoms with van der Waals surface area (Å²) in [7, 11) is 0. The third-order valence-corrected chi connectivity index (χ3v) is 4.52. The van der Waals surface area contributed by atoms with E-state index >= 15 is 0 Å². The van der Waals surface area contributed by atoms with Gasteiger partial charge in [-0.3, -0.25) is 0 Å². The van der Waals surface area contributed by atoms with Gasteiger partial charge in [-0.2, -0.15) is 0 Å². The molecule has 0 N–H and O–H groups in total. The Bertz CT molecular complexity index is 282. The monoisotopic (exact) mass is 282 g/mol. The van der Waals surface area contributed by atoms with Gasteiger partial charge in [-0.05, 0) is 37.5 Å². The Morgan fingerprint density at radius 2 is 1.00 bits per heavy atom. The lowest BCUT2D eigenvalue weighted by molar-refractivity contribution is -0.169. The summed E-state index contributed by atoms with van der Waals surface area (Å²) in [6.45, 7) is 0.745. The lowest BCUT2D eigenvalue weighted by atomic mass is 9.90. The Hall–Kier alpha value is -1.06. The SMILES string of the molecule is O=C(OCC1CCCCC1)C(=O)OCC1CCCCC1. The molecule has 2 fully saturated rings. The van der Waals surface area contributed by atoms with E-state index in [2.05, 4.69) is 0 Å². The van der Waals surface area contributed by atoms with E-state index in [1.54, 1.807) is 0 Å². The van der Waals surface area contributed by atoms with Crippen LogP contribution in [0, 0.1) is 11.8 Å². The van der Waals surface area contributed by atoms with Crippen LogP contribution in [0.4, 0.5) is 0 Å². The molecule has 0 aromatic rings. The highest BCUT2D eigenvalue weighted by Gasteiger charge is 2.23. The maximum absolute atomic E-state index is 11.6. The molecule has 0 heterocycles. The van der Waals surface area contributed by atoms with Crippen molar-refractivity contribution in [2.24, 2.45) is 11.8 Å². The molecule has 0 spiro atoms. The van der Waals surface area contributed by atoms with Crippen molar-refractivity contribution < 1.29 is 19.1 Å². The molecule has 0 radical (unpaired) electrons. The van der Waals surface area contributed by atoms with Gasteiger partial charge in [-0.1, -0.05) is 38.5 Å². The van der Waals surface area contributed by atoms with Crippen molar-refractivity contribution in [3.05, 3.63) is 0 Å². The van der Waals surface area contributed by atoms with E-state index in [1.807, 2.05) is 0 Å². The fourth-order valence-corrected chi connectivity index (χ4v) is 3.21. The Morgan fingerprint density at radius 3 is 1.35 bits per heavy atom. The quantitative estimate of drug-likeness (QED) is 0.587. The van der Waals surface area contributed by atoms with E-state index < -0.39 is 11.9 Å². The lowest BCUT2D eigenvalue weighted by Gasteiger charge is -2.22. The summed E-state index contributed by atoms with van der Waals surface area (Å²) in [6, 6.07) is 0. The van der Waals surface area contributed by atoms with Crippen LogP contribution in [0.1, 0.15) is 64.2 Å². The Morgan fingerprint density at radius 1 is 0.650 bits per heavy atom. The van der Waals surface area contributed by atoms with Gasteiger partial charge in [-0.15, -0.1) is 0 Å². The topological polar surface area (TPSA) is 52.6 Å². The smallest absolute Gasteiger partial charge is 0.417 e. The summed E-state index contributed by atoms with van der Waals surface area (Å²) in [5, 5.41) is 0. The maximum atomic E-state index is 11.6. The predicted octanol–water partition coefficient (Wildman–Crippen LogP) is 3.23. The first-order valence-corrected chi connectivity index (χ1v) is 8.09. The first-order chi connectivity index (χ1) is 9.75. The van der Waals surface area contributed by atoms with Crippen LogP contribution in [0.25, 0.3) is 0 Å². The van der Waals surface area contributed by atoms with E-state index in [0.29, 0.717) is 25.0 Å². The number of carbonyl (C=O) groups is 2. The van der Waals surface area contributed by atoms with Crippen LogP contribution in [-0.4, -0.2) is 25.2 Å². The molecule has 0 aromatic carbocycles. The molecule has 114 valence electrons. The van der Waals surface area contributed by atoms with E-state index in [-0.39, 0.29) is 0 Å². The average molecular weight is 282 g/mol. The van der Waals surface area contributed by atoms with Gasteiger partial charge in [-0.25, -0.2) is 9.59 Å². The van der Waals surface area contributed by atoms with Crippen molar-refractivity contribution in [3.8, 4) is 0 Å². The fourth-order valence-electron chi connectivity index (χ4n) is 3.21. The molecule has 4 nitrogen and oxygen atoms in total. The highest BCUT2D eigenvalue weighted by Crippen LogP contribution is 2.24. The molecule has 0 unspecified atom stereocenters. The molecular weight excluding hydrogens is 256 g/mol. The van der Waals surface area contributed by atoms with Gasteiger partial charge < -0.3 is 9.47 Å². The number of ether oxygens (including phenoxy) is 2. The van der Waals surface area contributed by atoms with Crippen molar-refractivity contribution in [2.75, 3.05) is 13.2 Å². The van der Waals surface area contributed by atoms with E-state index in [9.17, 15) is 9.59 Å². The molecule has 20 heavy (non-hydrogen) atoms. The highest BCUT2D eigenvalue weighted by atomic mass is 16.6. The molecule has 0 atom stereocenters. The largest absolute Gasteiger partial charge is 0.457 e. The predicted molar refractivity (Wildman–Crippen MR) is 75.1 cm³/mol. The van der Waals surface area contributed by atoms with Gasteiger partial charge in [0, 0.05) is 0 Å². The second kappa shape index (κ2) is 8.28. The average Bonchev–Trinajstić information content (AvgIpc) is 2.52. The third kappa shape index (κ3) is 5.14. The minimum absolute atomic E-state index is 0.372. The van der Waals surface area contributed by atoms with Crippen molar-refractivity contribution >= 4 is 11.9 Å². The summed E-state index contributed by atoms with van der Waals surface area (Å²) in [4.78, 5) is 23.1. The molecule has 4 heteroatoms. The van der Waals surface area contributed by atoms with Crippen LogP contribution in [0.2, 0.25) is 0 Å². The number of hydrogen-bond acceptors (Lipinski definition) is 4. The van der Waals surface area contributed by atoms with Gasteiger partial charge in [0.25, 0.3) is 0 Å². The highest BCUT2D eigenvalue weighted by molar-refractivity contribution is 6.29. The number of rotatable bonds is 4. The zero-order chi connectivity index (χ0) is 14.2. The van der Waals surface area contributed by atoms with Crippen LogP contribution in [0.3, 0.4) is 0 Å². The zero-order valence-corrected chi connectivity index (χ0v) is 12.3. The Kier molecular flexibility index (Phi) is 6.34. The first-order valence-electron chi connectivity index (χ1n) is 8.09. The van der Waals surface area contributed by atoms with Gasteiger partial charge >= 0.3 is 11.9 Å². The normalized spacial score (nSPS) is 21.4. The van der Waals surface area contributed by atoms with Crippen LogP contribution >= 0.6 is 0 Å². The van der Waals surface area contributed by atoms with Crippen LogP contribution in [-0.2, 0) is 19.1 Å². The van der Waals surface area contributed by atoms with Gasteiger partial charge in [0.1, 0.15) is 0 Å². The first kappa shape index (κ1) is 15.3. The summed E-state index contributed by atoms with van der Waals surface area (Å²) in [5.74, 6) is -0.768. The van der Waals surface area contributed by atoms with Crippen molar-refractivity contribution in [1.29, 1.82) is 0 Å². The molecule has 0 bridgehead atoms. The van der Waals surface area contributed by atoms with Crippen LogP contribution in [0.15, 0.2) is 0 Å². The minimum atomic E-state index is -0.814. The molecule has 0 aliphatic heterocycles. The molecule has 2 rings (SSSR count). The summed E-state index contributed by atoms with van der Waals surface area (Å²) in [6.07, 6.45) is 11.8. The Balaban J connectivity index is 1.59. The van der Waals surface area contributed by atoms with Crippen LogP contribution in [0.5, 0.6) is 0 Å². The molecule has 2 saturated carbocycles. The molecule has 0 aromatic heterocycles. The molecule has 2 aliphatic carbocycles. The lowest BCUT2D eigenvalue weighted by Crippen LogP contribution is -2.26. The van der Waals surface area contributed by atoms with E-state index in [1.165, 1.54) is 38.5 Å². The van der Waals surface area contributed by atoms with Gasteiger partial charge in [0.05, 0.1) is 13.2 Å². The van der Waals surface area contributed by atoms with Crippen molar-refractivity contribution in [3.63, 3.8) is 0 Å². The molecule has 0 amide bonds. The molecular formula is C16H26O4. The summed E-state index contributed by atoms with van der Waals surface area (Å²) < 4.78 is 10.1. The molecule has 0 saturated heterocycles. The number of esters is 2. The molecule has 2 aliphatic rings. The number of carbonyl (C=O) groups excluding carboxylic acids is 2. The number of hydrogen-bond donors (Lipinski definition) is 0. The minimum Gasteiger partial charge on any atom is -0.457 e. The second-order valence-electron chi connectivity index (χ2n) is 6.20. The van der Waals surface area contributed by atoms with Gasteiger partial charge in [0.15, 0.2) is 0 Å². The summed E-state index contributed by atoms with van der Waals surface area (Å²) >= 11 is 0. The summed E-state index contributed by atoms with van der Waals surface area (Å²) in [5.41, 5.74) is 0. The second-order valence-corrected chi connectivity index (χ2v) is 6.20. The third-order valence-electron chi connectivity index (χ3n) is 4.52. The van der Waals surface area contributed by atoms with E-state index in [4.69, 9.17) is 9.47 Å². The van der Waals surface area contributed by atoms with E-state index in [0.717, 1.165) is 25.7 Å². The van der Waals surface area contributed by atoms with Crippen molar-refractivity contribution in [2.45, 2.75) is 64.2 Å².